The largest absolute Gasteiger partial charge is 0.469 e. The van der Waals surface area contributed by atoms with Gasteiger partial charge in [0.25, 0.3) is 0 Å². The van der Waals surface area contributed by atoms with Crippen LogP contribution < -0.4 is 5.32 Å². The molecule has 1 heterocycles. The molecule has 0 aliphatic carbocycles. The number of rotatable bonds is 5. The molecule has 2 rings (SSSR count). The van der Waals surface area contributed by atoms with Gasteiger partial charge in [-0.3, -0.25) is 9.69 Å². The number of carbonyl (C=O) groups is 1. The highest BCUT2D eigenvalue weighted by Crippen LogP contribution is 2.17. The molecule has 0 spiro atoms. The molecule has 4 nitrogen and oxygen atoms in total. The second kappa shape index (κ2) is 7.41. The number of methoxy groups -OCH3 is 1. The molecule has 1 aromatic carbocycles. The number of piperidine rings is 1. The lowest BCUT2D eigenvalue weighted by atomic mass is 10.0. The van der Waals surface area contributed by atoms with Crippen molar-refractivity contribution >= 4 is 5.97 Å². The number of hydrogen-bond acceptors (Lipinski definition) is 4. The summed E-state index contributed by atoms with van der Waals surface area (Å²) in [6.45, 7) is 3.11. The number of carbonyl (C=O) groups excluding carboxylic acids is 1. The lowest BCUT2D eigenvalue weighted by Gasteiger charge is -2.33. The van der Waals surface area contributed by atoms with E-state index in [-0.39, 0.29) is 5.97 Å². The molecule has 1 aromatic rings. The average Bonchev–Trinajstić information content (AvgIpc) is 2.49. The third-order valence-electron chi connectivity index (χ3n) is 3.99. The maximum atomic E-state index is 11.5. The molecule has 0 amide bonds. The minimum atomic E-state index is -0.177. The minimum absolute atomic E-state index is 0.177. The zero-order valence-corrected chi connectivity index (χ0v) is 12.4. The van der Waals surface area contributed by atoms with Crippen LogP contribution in [0.1, 0.15) is 24.0 Å². The Bertz CT molecular complexity index is 448. The van der Waals surface area contributed by atoms with Gasteiger partial charge in [-0.1, -0.05) is 24.3 Å². The van der Waals surface area contributed by atoms with Crippen LogP contribution in [0.25, 0.3) is 0 Å². The van der Waals surface area contributed by atoms with Crippen LogP contribution in [0.4, 0.5) is 0 Å². The number of hydrogen-bond donors (Lipinski definition) is 1. The van der Waals surface area contributed by atoms with Crippen molar-refractivity contribution in [2.75, 3.05) is 27.2 Å². The first-order valence-electron chi connectivity index (χ1n) is 7.26. The molecule has 4 heteroatoms. The van der Waals surface area contributed by atoms with Gasteiger partial charge in [0.2, 0.25) is 0 Å². The van der Waals surface area contributed by atoms with Crippen LogP contribution >= 0.6 is 0 Å². The molecular weight excluding hydrogens is 252 g/mol. The molecule has 110 valence electrons. The molecule has 1 saturated heterocycles. The van der Waals surface area contributed by atoms with Crippen molar-refractivity contribution in [1.82, 2.24) is 10.2 Å². The summed E-state index contributed by atoms with van der Waals surface area (Å²) in [6, 6.07) is 8.73. The van der Waals surface area contributed by atoms with Gasteiger partial charge in [0, 0.05) is 19.1 Å². The minimum Gasteiger partial charge on any atom is -0.469 e. The van der Waals surface area contributed by atoms with Crippen molar-refractivity contribution < 1.29 is 9.53 Å². The van der Waals surface area contributed by atoms with E-state index in [0.29, 0.717) is 12.5 Å². The topological polar surface area (TPSA) is 41.6 Å². The summed E-state index contributed by atoms with van der Waals surface area (Å²) in [5, 5.41) is 3.36. The number of ether oxygens (including phenoxy) is 1. The van der Waals surface area contributed by atoms with Crippen LogP contribution in [0, 0.1) is 0 Å². The van der Waals surface area contributed by atoms with Gasteiger partial charge in [0.1, 0.15) is 0 Å². The molecular formula is C16H24N2O2. The lowest BCUT2D eigenvalue weighted by molar-refractivity contribution is -0.139. The monoisotopic (exact) mass is 276 g/mol. The first-order valence-corrected chi connectivity index (χ1v) is 7.26. The maximum Gasteiger partial charge on any atom is 0.309 e. The number of nitrogens with one attached hydrogen (secondary N) is 1. The molecule has 1 unspecified atom stereocenters. The fourth-order valence-corrected chi connectivity index (χ4v) is 2.79. The van der Waals surface area contributed by atoms with Crippen LogP contribution in [-0.4, -0.2) is 44.2 Å². The number of likely N-dealkylation sites (tertiary alicyclic amines) is 1. The van der Waals surface area contributed by atoms with Gasteiger partial charge in [-0.2, -0.15) is 0 Å². The highest BCUT2D eigenvalue weighted by atomic mass is 16.5. The van der Waals surface area contributed by atoms with E-state index >= 15 is 0 Å². The van der Waals surface area contributed by atoms with E-state index in [9.17, 15) is 4.79 Å². The molecule has 1 N–H and O–H groups in total. The third kappa shape index (κ3) is 4.05. The van der Waals surface area contributed by atoms with Crippen molar-refractivity contribution in [2.45, 2.75) is 31.8 Å². The van der Waals surface area contributed by atoms with Crippen LogP contribution in [0.2, 0.25) is 0 Å². The molecule has 1 aliphatic heterocycles. The summed E-state index contributed by atoms with van der Waals surface area (Å²) in [5.41, 5.74) is 2.31. The molecule has 1 aliphatic rings. The lowest BCUT2D eigenvalue weighted by Crippen LogP contribution is -2.44. The summed E-state index contributed by atoms with van der Waals surface area (Å²) in [5.74, 6) is -0.177. The predicted octanol–water partition coefficient (Wildman–Crippen LogP) is 1.59. The Hall–Kier alpha value is -1.39. The van der Waals surface area contributed by atoms with E-state index in [1.807, 2.05) is 25.2 Å². The summed E-state index contributed by atoms with van der Waals surface area (Å²) in [4.78, 5) is 13.9. The van der Waals surface area contributed by atoms with Crippen molar-refractivity contribution in [1.29, 1.82) is 0 Å². The van der Waals surface area contributed by atoms with Gasteiger partial charge < -0.3 is 10.1 Å². The molecule has 1 fully saturated rings. The Balaban J connectivity index is 2.03. The van der Waals surface area contributed by atoms with Crippen LogP contribution in [0.15, 0.2) is 24.3 Å². The molecule has 0 saturated carbocycles. The normalized spacial score (nSPS) is 19.8. The van der Waals surface area contributed by atoms with Gasteiger partial charge in [-0.15, -0.1) is 0 Å². The number of esters is 1. The van der Waals surface area contributed by atoms with Gasteiger partial charge in [-0.05, 0) is 37.6 Å². The van der Waals surface area contributed by atoms with E-state index in [1.54, 1.807) is 0 Å². The van der Waals surface area contributed by atoms with Gasteiger partial charge in [-0.25, -0.2) is 0 Å². The maximum absolute atomic E-state index is 11.5. The van der Waals surface area contributed by atoms with Crippen LogP contribution in [-0.2, 0) is 22.5 Å². The number of benzene rings is 1. The number of nitrogens with zero attached hydrogens (tertiary/aromatic N) is 1. The first-order chi connectivity index (χ1) is 9.72. The standard InChI is InChI=1S/C16H24N2O2/c1-17-15-8-5-9-18(12-15)11-14-7-4-3-6-13(14)10-16(19)20-2/h3-4,6-7,15,17H,5,8-12H2,1-2H3. The predicted molar refractivity (Wildman–Crippen MR) is 79.5 cm³/mol. The Morgan fingerprint density at radius 1 is 1.40 bits per heavy atom. The van der Waals surface area contributed by atoms with Gasteiger partial charge in [0.05, 0.1) is 13.5 Å². The average molecular weight is 276 g/mol. The SMILES string of the molecule is CNC1CCCN(Cc2ccccc2CC(=O)OC)C1. The zero-order chi connectivity index (χ0) is 14.4. The van der Waals surface area contributed by atoms with E-state index in [1.165, 1.54) is 25.5 Å². The Labute approximate surface area is 121 Å². The third-order valence-corrected chi connectivity index (χ3v) is 3.99. The second-order valence-corrected chi connectivity index (χ2v) is 5.38. The van der Waals surface area contributed by atoms with Crippen molar-refractivity contribution in [3.05, 3.63) is 35.4 Å². The summed E-state index contributed by atoms with van der Waals surface area (Å²) >= 11 is 0. The molecule has 1 atom stereocenters. The van der Waals surface area contributed by atoms with Crippen molar-refractivity contribution in [3.8, 4) is 0 Å². The van der Waals surface area contributed by atoms with Crippen molar-refractivity contribution in [3.63, 3.8) is 0 Å². The van der Waals surface area contributed by atoms with Crippen LogP contribution in [0.3, 0.4) is 0 Å². The van der Waals surface area contributed by atoms with Gasteiger partial charge in [0.15, 0.2) is 0 Å². The van der Waals surface area contributed by atoms with E-state index < -0.39 is 0 Å². The number of likely N-dealkylation sites (N-methyl/N-ethyl adjacent to an activating group) is 1. The highest BCUT2D eigenvalue weighted by molar-refractivity contribution is 5.72. The quantitative estimate of drug-likeness (QED) is 0.829. The Morgan fingerprint density at radius 3 is 2.85 bits per heavy atom. The van der Waals surface area contributed by atoms with Crippen molar-refractivity contribution in [2.24, 2.45) is 0 Å². The van der Waals surface area contributed by atoms with E-state index in [2.05, 4.69) is 16.3 Å². The fraction of sp³-hybridized carbons (Fsp3) is 0.562. The molecule has 0 radical (unpaired) electrons. The van der Waals surface area contributed by atoms with E-state index in [4.69, 9.17) is 4.74 Å². The molecule has 20 heavy (non-hydrogen) atoms. The summed E-state index contributed by atoms with van der Waals surface area (Å²) < 4.78 is 4.77. The van der Waals surface area contributed by atoms with E-state index in [0.717, 1.165) is 25.2 Å². The first kappa shape index (κ1) is 15.0. The summed E-state index contributed by atoms with van der Waals surface area (Å²) in [7, 11) is 3.46. The zero-order valence-electron chi connectivity index (χ0n) is 12.4. The Morgan fingerprint density at radius 2 is 2.15 bits per heavy atom. The van der Waals surface area contributed by atoms with Gasteiger partial charge >= 0.3 is 5.97 Å². The second-order valence-electron chi connectivity index (χ2n) is 5.38. The summed E-state index contributed by atoms with van der Waals surface area (Å²) in [6.07, 6.45) is 2.83. The molecule has 0 aromatic heterocycles. The fourth-order valence-electron chi connectivity index (χ4n) is 2.79. The highest BCUT2D eigenvalue weighted by Gasteiger charge is 2.19. The molecule has 0 bridgehead atoms. The Kier molecular flexibility index (Phi) is 5.56. The van der Waals surface area contributed by atoms with Crippen LogP contribution in [0.5, 0.6) is 0 Å². The smallest absolute Gasteiger partial charge is 0.309 e.